The molecule has 1 aliphatic carbocycles. The Bertz CT molecular complexity index is 726. The van der Waals surface area contributed by atoms with Gasteiger partial charge in [-0.15, -0.1) is 11.3 Å². The Balaban J connectivity index is 2.44. The lowest BCUT2D eigenvalue weighted by atomic mass is 9.96. The van der Waals surface area contributed by atoms with Crippen LogP contribution in [0, 0.1) is 0 Å². The molecule has 1 N–H and O–H groups in total. The average Bonchev–Trinajstić information content (AvgIpc) is 2.78. The minimum atomic E-state index is -1.13. The van der Waals surface area contributed by atoms with E-state index < -0.39 is 5.97 Å². The topological polar surface area (TPSA) is 59.3 Å². The van der Waals surface area contributed by atoms with Crippen LogP contribution in [-0.4, -0.2) is 15.6 Å². The number of hydrogen-bond acceptors (Lipinski definition) is 3. The highest BCUT2D eigenvalue weighted by Gasteiger charge is 2.23. The van der Waals surface area contributed by atoms with Crippen LogP contribution in [-0.2, 0) is 19.4 Å². The van der Waals surface area contributed by atoms with Gasteiger partial charge in [-0.05, 0) is 38.2 Å². The number of carboxylic acid groups (broad SMARTS) is 1. The van der Waals surface area contributed by atoms with E-state index in [0.717, 1.165) is 36.1 Å². The first-order valence-corrected chi connectivity index (χ1v) is 7.36. The molecule has 2 heterocycles. The third kappa shape index (κ3) is 1.80. The highest BCUT2D eigenvalue weighted by molar-refractivity contribution is 7.18. The summed E-state index contributed by atoms with van der Waals surface area (Å²) in [6, 6.07) is 0. The summed E-state index contributed by atoms with van der Waals surface area (Å²) in [5.41, 5.74) is 0.675. The number of pyridine rings is 1. The minimum Gasteiger partial charge on any atom is -0.477 e. The molecule has 5 heteroatoms. The summed E-state index contributed by atoms with van der Waals surface area (Å²) in [5, 5.41) is 9.83. The molecular formula is C14H15NO3S. The Morgan fingerprint density at radius 3 is 2.84 bits per heavy atom. The molecule has 19 heavy (non-hydrogen) atoms. The van der Waals surface area contributed by atoms with Crippen LogP contribution in [0.25, 0.3) is 10.2 Å². The summed E-state index contributed by atoms with van der Waals surface area (Å²) in [6.45, 7) is 2.64. The van der Waals surface area contributed by atoms with E-state index in [-0.39, 0.29) is 11.0 Å². The van der Waals surface area contributed by atoms with Crippen molar-refractivity contribution in [2.24, 2.45) is 0 Å². The van der Waals surface area contributed by atoms with E-state index in [4.69, 9.17) is 0 Å². The van der Waals surface area contributed by atoms with Crippen molar-refractivity contribution in [2.45, 2.75) is 39.2 Å². The molecule has 0 saturated carbocycles. The van der Waals surface area contributed by atoms with Crippen LogP contribution in [0.1, 0.15) is 40.6 Å². The molecule has 1 aliphatic rings. The molecule has 0 radical (unpaired) electrons. The van der Waals surface area contributed by atoms with E-state index >= 15 is 0 Å². The molecule has 4 nitrogen and oxygen atoms in total. The predicted molar refractivity (Wildman–Crippen MR) is 75.4 cm³/mol. The molecule has 3 rings (SSSR count). The maximum absolute atomic E-state index is 12.4. The van der Waals surface area contributed by atoms with Gasteiger partial charge in [-0.25, -0.2) is 4.79 Å². The van der Waals surface area contributed by atoms with Gasteiger partial charge in [0.15, 0.2) is 0 Å². The molecule has 0 unspecified atom stereocenters. The number of thiophene rings is 1. The number of aromatic carboxylic acids is 1. The lowest BCUT2D eigenvalue weighted by molar-refractivity contribution is 0.0695. The van der Waals surface area contributed by atoms with Crippen molar-refractivity contribution < 1.29 is 9.90 Å². The molecule has 2 aromatic heterocycles. The Labute approximate surface area is 114 Å². The van der Waals surface area contributed by atoms with Gasteiger partial charge in [0.1, 0.15) is 10.4 Å². The highest BCUT2D eigenvalue weighted by atomic mass is 32.1. The fourth-order valence-corrected chi connectivity index (χ4v) is 4.21. The van der Waals surface area contributed by atoms with E-state index in [9.17, 15) is 14.7 Å². The summed E-state index contributed by atoms with van der Waals surface area (Å²) in [6.07, 6.45) is 5.64. The number of aryl methyl sites for hydroxylation is 3. The van der Waals surface area contributed by atoms with Gasteiger partial charge >= 0.3 is 5.97 Å². The first-order valence-electron chi connectivity index (χ1n) is 6.54. The first kappa shape index (κ1) is 12.4. The SMILES string of the molecule is CCn1cc(C(=O)O)c(=O)c2c3c(sc21)CCCC3. The van der Waals surface area contributed by atoms with Crippen molar-refractivity contribution in [1.82, 2.24) is 4.57 Å². The highest BCUT2D eigenvalue weighted by Crippen LogP contribution is 2.34. The van der Waals surface area contributed by atoms with Crippen LogP contribution in [0.3, 0.4) is 0 Å². The Kier molecular flexibility index (Phi) is 2.93. The smallest absolute Gasteiger partial charge is 0.341 e. The first-order chi connectivity index (χ1) is 9.13. The van der Waals surface area contributed by atoms with Gasteiger partial charge in [-0.3, -0.25) is 4.79 Å². The predicted octanol–water partition coefficient (Wildman–Crippen LogP) is 2.66. The molecule has 0 bridgehead atoms. The molecule has 100 valence electrons. The number of aromatic nitrogens is 1. The summed E-state index contributed by atoms with van der Waals surface area (Å²) in [7, 11) is 0. The molecule has 0 saturated heterocycles. The van der Waals surface area contributed by atoms with E-state index in [0.29, 0.717) is 11.9 Å². The summed E-state index contributed by atoms with van der Waals surface area (Å²) in [5.74, 6) is -1.13. The Hall–Kier alpha value is -1.62. The maximum Gasteiger partial charge on any atom is 0.341 e. The van der Waals surface area contributed by atoms with E-state index in [1.807, 2.05) is 11.5 Å². The standard InChI is InChI=1S/C14H15NO3S/c1-2-15-7-9(14(17)18)12(16)11-8-5-3-4-6-10(8)19-13(11)15/h7H,2-6H2,1H3,(H,17,18). The second kappa shape index (κ2) is 4.49. The van der Waals surface area contributed by atoms with E-state index in [2.05, 4.69) is 0 Å². The molecule has 0 aromatic carbocycles. The summed E-state index contributed by atoms with van der Waals surface area (Å²) >= 11 is 1.66. The maximum atomic E-state index is 12.4. The Morgan fingerprint density at radius 1 is 1.42 bits per heavy atom. The Morgan fingerprint density at radius 2 is 2.16 bits per heavy atom. The molecule has 0 spiro atoms. The minimum absolute atomic E-state index is 0.111. The van der Waals surface area contributed by atoms with Gasteiger partial charge in [0.05, 0.1) is 5.39 Å². The lowest BCUT2D eigenvalue weighted by Gasteiger charge is -2.10. The summed E-state index contributed by atoms with van der Waals surface area (Å²) < 4.78 is 1.89. The quantitative estimate of drug-likeness (QED) is 0.918. The molecule has 0 aliphatic heterocycles. The number of carboxylic acids is 1. The summed E-state index contributed by atoms with van der Waals surface area (Å²) in [4.78, 5) is 25.8. The number of carbonyl (C=O) groups is 1. The molecular weight excluding hydrogens is 262 g/mol. The average molecular weight is 277 g/mol. The zero-order chi connectivity index (χ0) is 13.6. The fraction of sp³-hybridized carbons (Fsp3) is 0.429. The monoisotopic (exact) mass is 277 g/mol. The van der Waals surface area contributed by atoms with Crippen LogP contribution >= 0.6 is 11.3 Å². The zero-order valence-corrected chi connectivity index (χ0v) is 11.5. The molecule has 2 aromatic rings. The van der Waals surface area contributed by atoms with Crippen molar-refractivity contribution in [3.63, 3.8) is 0 Å². The van der Waals surface area contributed by atoms with Gasteiger partial charge in [-0.1, -0.05) is 0 Å². The largest absolute Gasteiger partial charge is 0.477 e. The zero-order valence-electron chi connectivity index (χ0n) is 10.7. The third-order valence-electron chi connectivity index (χ3n) is 3.74. The van der Waals surface area contributed by atoms with Crippen LogP contribution in [0.4, 0.5) is 0 Å². The van der Waals surface area contributed by atoms with Crippen LogP contribution < -0.4 is 5.43 Å². The molecule has 0 atom stereocenters. The van der Waals surface area contributed by atoms with Crippen molar-refractivity contribution in [3.8, 4) is 0 Å². The van der Waals surface area contributed by atoms with Gasteiger partial charge in [0, 0.05) is 17.6 Å². The second-order valence-corrected chi connectivity index (χ2v) is 5.94. The number of rotatable bonds is 2. The number of fused-ring (bicyclic) bond motifs is 3. The van der Waals surface area contributed by atoms with Crippen molar-refractivity contribution in [2.75, 3.05) is 0 Å². The third-order valence-corrected chi connectivity index (χ3v) is 5.07. The normalized spacial score (nSPS) is 14.6. The number of hydrogen-bond donors (Lipinski definition) is 1. The van der Waals surface area contributed by atoms with E-state index in [1.165, 1.54) is 11.1 Å². The van der Waals surface area contributed by atoms with Crippen LogP contribution in [0.2, 0.25) is 0 Å². The van der Waals surface area contributed by atoms with Gasteiger partial charge in [-0.2, -0.15) is 0 Å². The van der Waals surface area contributed by atoms with Crippen molar-refractivity contribution in [3.05, 3.63) is 32.4 Å². The van der Waals surface area contributed by atoms with Gasteiger partial charge in [0.25, 0.3) is 0 Å². The lowest BCUT2D eigenvalue weighted by Crippen LogP contribution is -2.18. The van der Waals surface area contributed by atoms with Gasteiger partial charge in [0.2, 0.25) is 5.43 Å². The van der Waals surface area contributed by atoms with Crippen molar-refractivity contribution >= 4 is 27.5 Å². The molecule has 0 amide bonds. The fourth-order valence-electron chi connectivity index (χ4n) is 2.78. The van der Waals surface area contributed by atoms with E-state index in [1.54, 1.807) is 11.3 Å². The van der Waals surface area contributed by atoms with Crippen LogP contribution in [0.15, 0.2) is 11.0 Å². The van der Waals surface area contributed by atoms with Crippen LogP contribution in [0.5, 0.6) is 0 Å². The van der Waals surface area contributed by atoms with Crippen molar-refractivity contribution in [1.29, 1.82) is 0 Å². The van der Waals surface area contributed by atoms with Gasteiger partial charge < -0.3 is 9.67 Å². The second-order valence-electron chi connectivity index (χ2n) is 4.85. The number of nitrogens with zero attached hydrogens (tertiary/aromatic N) is 1. The molecule has 0 fully saturated rings.